The lowest BCUT2D eigenvalue weighted by Crippen LogP contribution is -2.39. The van der Waals surface area contributed by atoms with E-state index in [0.29, 0.717) is 6.54 Å². The van der Waals surface area contributed by atoms with Gasteiger partial charge in [0.25, 0.3) is 0 Å². The highest BCUT2D eigenvalue weighted by atomic mass is 16.5. The van der Waals surface area contributed by atoms with Gasteiger partial charge in [0.2, 0.25) is 0 Å². The zero-order valence-electron chi connectivity index (χ0n) is 18.2. The Morgan fingerprint density at radius 1 is 1.00 bits per heavy atom. The Kier molecular flexibility index (Phi) is 9.31. The summed E-state index contributed by atoms with van der Waals surface area (Å²) in [4.78, 5) is 7.01. The lowest BCUT2D eigenvalue weighted by molar-refractivity contribution is 0.306. The van der Waals surface area contributed by atoms with Crippen LogP contribution >= 0.6 is 0 Å². The molecule has 0 spiro atoms. The van der Waals surface area contributed by atoms with E-state index in [0.717, 1.165) is 37.0 Å². The number of likely N-dealkylation sites (N-methyl/N-ethyl adjacent to an activating group) is 1. The Labute approximate surface area is 174 Å². The highest BCUT2D eigenvalue weighted by molar-refractivity contribution is 5.79. The van der Waals surface area contributed by atoms with Gasteiger partial charge in [-0.15, -0.1) is 0 Å². The normalized spacial score (nSPS) is 12.6. The van der Waals surface area contributed by atoms with Gasteiger partial charge < -0.3 is 25.0 Å². The third-order valence-corrected chi connectivity index (χ3v) is 4.73. The van der Waals surface area contributed by atoms with Crippen molar-refractivity contribution in [2.45, 2.75) is 19.4 Å². The minimum atomic E-state index is 0.234. The summed E-state index contributed by atoms with van der Waals surface area (Å²) in [7, 11) is 7.48. The summed E-state index contributed by atoms with van der Waals surface area (Å²) in [5.74, 6) is 2.33. The molecule has 2 aromatic carbocycles. The molecule has 0 fully saturated rings. The number of hydrogen-bond acceptors (Lipinski definition) is 4. The van der Waals surface area contributed by atoms with Crippen LogP contribution in [0.25, 0.3) is 0 Å². The third-order valence-electron chi connectivity index (χ3n) is 4.73. The molecule has 1 unspecified atom stereocenters. The number of nitrogens with zero attached hydrogens (tertiary/aromatic N) is 2. The molecular weight excluding hydrogens is 364 g/mol. The number of hydrogen-bond donors (Lipinski definition) is 2. The van der Waals surface area contributed by atoms with Crippen molar-refractivity contribution in [1.29, 1.82) is 0 Å². The Hall–Kier alpha value is -2.73. The fourth-order valence-corrected chi connectivity index (χ4v) is 3.12. The molecule has 1 atom stereocenters. The SMILES string of the molecule is CCNC(=NCC(c1ccccc1)N(C)C)NCCc1ccc(OC)c(OC)c1. The molecule has 2 N–H and O–H groups in total. The Bertz CT molecular complexity index is 763. The fraction of sp³-hybridized carbons (Fsp3) is 0.435. The minimum Gasteiger partial charge on any atom is -0.493 e. The van der Waals surface area contributed by atoms with Crippen molar-refractivity contribution >= 4 is 5.96 Å². The summed E-state index contributed by atoms with van der Waals surface area (Å²) in [6.07, 6.45) is 0.862. The highest BCUT2D eigenvalue weighted by Gasteiger charge is 2.13. The monoisotopic (exact) mass is 398 g/mol. The zero-order valence-corrected chi connectivity index (χ0v) is 18.2. The molecule has 158 valence electrons. The Morgan fingerprint density at radius 3 is 2.34 bits per heavy atom. The number of aliphatic imine (C=N–C) groups is 1. The van der Waals surface area contributed by atoms with Crippen LogP contribution in [0.1, 0.15) is 24.1 Å². The number of nitrogens with one attached hydrogen (secondary N) is 2. The van der Waals surface area contributed by atoms with E-state index in [2.05, 4.69) is 66.9 Å². The molecule has 2 rings (SSSR count). The second-order valence-electron chi connectivity index (χ2n) is 6.98. The number of rotatable bonds is 10. The summed E-state index contributed by atoms with van der Waals surface area (Å²) < 4.78 is 10.7. The van der Waals surface area contributed by atoms with Crippen LogP contribution in [0.2, 0.25) is 0 Å². The smallest absolute Gasteiger partial charge is 0.191 e. The Morgan fingerprint density at radius 2 is 1.72 bits per heavy atom. The van der Waals surface area contributed by atoms with Gasteiger partial charge in [0.05, 0.1) is 26.8 Å². The molecule has 0 radical (unpaired) electrons. The molecule has 2 aromatic rings. The largest absolute Gasteiger partial charge is 0.493 e. The molecule has 0 saturated heterocycles. The van der Waals surface area contributed by atoms with Gasteiger partial charge in [0, 0.05) is 13.1 Å². The van der Waals surface area contributed by atoms with Crippen molar-refractivity contribution in [1.82, 2.24) is 15.5 Å². The predicted molar refractivity (Wildman–Crippen MR) is 120 cm³/mol. The van der Waals surface area contributed by atoms with E-state index in [-0.39, 0.29) is 6.04 Å². The van der Waals surface area contributed by atoms with Gasteiger partial charge in [0.15, 0.2) is 17.5 Å². The Balaban J connectivity index is 1.98. The molecule has 6 heteroatoms. The number of benzene rings is 2. The first-order valence-corrected chi connectivity index (χ1v) is 10.0. The van der Waals surface area contributed by atoms with Crippen molar-refractivity contribution in [3.05, 3.63) is 59.7 Å². The van der Waals surface area contributed by atoms with Crippen LogP contribution in [-0.2, 0) is 6.42 Å². The molecule has 29 heavy (non-hydrogen) atoms. The lowest BCUT2D eigenvalue weighted by atomic mass is 10.1. The standard InChI is InChI=1S/C23H34N4O2/c1-6-24-23(26-17-20(27(2)3)19-10-8-7-9-11-19)25-15-14-18-12-13-21(28-4)22(16-18)29-5/h7-13,16,20H,6,14-15,17H2,1-5H3,(H2,24,25,26). The molecule has 0 saturated carbocycles. The fourth-order valence-electron chi connectivity index (χ4n) is 3.12. The minimum absolute atomic E-state index is 0.234. The van der Waals surface area contributed by atoms with Gasteiger partial charge in [-0.3, -0.25) is 4.99 Å². The van der Waals surface area contributed by atoms with Crippen molar-refractivity contribution < 1.29 is 9.47 Å². The first kappa shape index (κ1) is 22.6. The van der Waals surface area contributed by atoms with Gasteiger partial charge in [-0.25, -0.2) is 0 Å². The van der Waals surface area contributed by atoms with Gasteiger partial charge in [0.1, 0.15) is 0 Å². The molecule has 0 bridgehead atoms. The molecular formula is C23H34N4O2. The average Bonchev–Trinajstić information content (AvgIpc) is 2.74. The van der Waals surface area contributed by atoms with Crippen LogP contribution in [0, 0.1) is 0 Å². The number of ether oxygens (including phenoxy) is 2. The van der Waals surface area contributed by atoms with Gasteiger partial charge in [-0.2, -0.15) is 0 Å². The second kappa shape index (κ2) is 12.0. The predicted octanol–water partition coefficient (Wildman–Crippen LogP) is 3.10. The molecule has 0 aliphatic carbocycles. The third kappa shape index (κ3) is 6.98. The molecule has 0 amide bonds. The van der Waals surface area contributed by atoms with Gasteiger partial charge in [-0.1, -0.05) is 36.4 Å². The van der Waals surface area contributed by atoms with Gasteiger partial charge >= 0.3 is 0 Å². The summed E-state index contributed by atoms with van der Waals surface area (Å²) >= 11 is 0. The zero-order chi connectivity index (χ0) is 21.1. The molecule has 6 nitrogen and oxygen atoms in total. The summed E-state index contributed by atoms with van der Waals surface area (Å²) in [5.41, 5.74) is 2.45. The van der Waals surface area contributed by atoms with Gasteiger partial charge in [-0.05, 0) is 50.7 Å². The van der Waals surface area contributed by atoms with Crippen LogP contribution in [0.4, 0.5) is 0 Å². The molecule has 0 aromatic heterocycles. The van der Waals surface area contributed by atoms with E-state index in [1.807, 2.05) is 18.2 Å². The van der Waals surface area contributed by atoms with E-state index < -0.39 is 0 Å². The first-order chi connectivity index (χ1) is 14.1. The number of methoxy groups -OCH3 is 2. The summed E-state index contributed by atoms with van der Waals surface area (Å²) in [6, 6.07) is 16.7. The topological polar surface area (TPSA) is 58.1 Å². The van der Waals surface area contributed by atoms with Crippen molar-refractivity contribution in [3.8, 4) is 11.5 Å². The van der Waals surface area contributed by atoms with Crippen LogP contribution in [0.15, 0.2) is 53.5 Å². The van der Waals surface area contributed by atoms with Crippen LogP contribution < -0.4 is 20.1 Å². The average molecular weight is 399 g/mol. The van der Waals surface area contributed by atoms with E-state index in [1.54, 1.807) is 14.2 Å². The maximum Gasteiger partial charge on any atom is 0.191 e. The van der Waals surface area contributed by atoms with Crippen LogP contribution in [0.3, 0.4) is 0 Å². The highest BCUT2D eigenvalue weighted by Crippen LogP contribution is 2.27. The quantitative estimate of drug-likeness (QED) is 0.476. The lowest BCUT2D eigenvalue weighted by Gasteiger charge is -2.23. The van der Waals surface area contributed by atoms with E-state index in [4.69, 9.17) is 14.5 Å². The van der Waals surface area contributed by atoms with E-state index in [9.17, 15) is 0 Å². The first-order valence-electron chi connectivity index (χ1n) is 10.0. The van der Waals surface area contributed by atoms with Crippen molar-refractivity contribution in [3.63, 3.8) is 0 Å². The summed E-state index contributed by atoms with van der Waals surface area (Å²) in [5, 5.41) is 6.76. The number of guanidine groups is 1. The van der Waals surface area contributed by atoms with E-state index >= 15 is 0 Å². The molecule has 0 aliphatic rings. The molecule has 0 heterocycles. The van der Waals surface area contributed by atoms with E-state index in [1.165, 1.54) is 11.1 Å². The van der Waals surface area contributed by atoms with Crippen LogP contribution in [0.5, 0.6) is 11.5 Å². The molecule has 0 aliphatic heterocycles. The second-order valence-corrected chi connectivity index (χ2v) is 6.98. The summed E-state index contributed by atoms with van der Waals surface area (Å²) in [6.45, 7) is 4.36. The maximum absolute atomic E-state index is 5.39. The van der Waals surface area contributed by atoms with Crippen molar-refractivity contribution in [2.75, 3.05) is 47.9 Å². The van der Waals surface area contributed by atoms with Crippen molar-refractivity contribution in [2.24, 2.45) is 4.99 Å². The van der Waals surface area contributed by atoms with Crippen LogP contribution in [-0.4, -0.2) is 58.8 Å². The maximum atomic E-state index is 5.39.